The van der Waals surface area contributed by atoms with Gasteiger partial charge in [0.25, 0.3) is 0 Å². The molecule has 0 heterocycles. The Morgan fingerprint density at radius 1 is 1.12 bits per heavy atom. The molecule has 4 rings (SSSR count). The van der Waals surface area contributed by atoms with Crippen LogP contribution >= 0.6 is 11.6 Å². The fourth-order valence-electron chi connectivity index (χ4n) is 6.58. The van der Waals surface area contributed by atoms with Gasteiger partial charge in [-0.3, -0.25) is 9.59 Å². The molecule has 0 aromatic carbocycles. The number of rotatable bonds is 1. The summed E-state index contributed by atoms with van der Waals surface area (Å²) in [6.45, 7) is 3.87. The Morgan fingerprint density at radius 2 is 1.92 bits per heavy atom. The van der Waals surface area contributed by atoms with Crippen molar-refractivity contribution in [2.75, 3.05) is 0 Å². The number of halogens is 1. The fraction of sp³-hybridized carbons (Fsp3) is 0.800. The van der Waals surface area contributed by atoms with Crippen LogP contribution < -0.4 is 0 Å². The van der Waals surface area contributed by atoms with Gasteiger partial charge in [0, 0.05) is 18.8 Å². The molecule has 0 amide bonds. The van der Waals surface area contributed by atoms with E-state index in [2.05, 4.69) is 6.92 Å². The molecule has 4 heteroatoms. The van der Waals surface area contributed by atoms with Gasteiger partial charge in [-0.05, 0) is 74.2 Å². The molecule has 0 aromatic rings. The van der Waals surface area contributed by atoms with E-state index in [1.807, 2.05) is 0 Å². The summed E-state index contributed by atoms with van der Waals surface area (Å²) in [5.41, 5.74) is 1.40. The topological polar surface area (TPSA) is 43.4 Å². The Kier molecular flexibility index (Phi) is 4.06. The van der Waals surface area contributed by atoms with Crippen molar-refractivity contribution < 1.29 is 14.3 Å². The molecule has 3 fully saturated rings. The lowest BCUT2D eigenvalue weighted by Gasteiger charge is -2.53. The van der Waals surface area contributed by atoms with E-state index in [1.54, 1.807) is 0 Å². The Labute approximate surface area is 149 Å². The molecule has 0 bridgehead atoms. The third kappa shape index (κ3) is 2.38. The van der Waals surface area contributed by atoms with E-state index in [9.17, 15) is 9.59 Å². The second-order valence-corrected chi connectivity index (χ2v) is 8.98. The molecule has 0 spiro atoms. The quantitative estimate of drug-likeness (QED) is 0.648. The summed E-state index contributed by atoms with van der Waals surface area (Å²) in [4.78, 5) is 23.4. The minimum atomic E-state index is -0.143. The summed E-state index contributed by atoms with van der Waals surface area (Å²) in [5, 5.41) is 0.558. The summed E-state index contributed by atoms with van der Waals surface area (Å²) < 4.78 is 5.69. The van der Waals surface area contributed by atoms with Crippen LogP contribution in [0.15, 0.2) is 10.6 Å². The normalized spacial score (nSPS) is 44.6. The van der Waals surface area contributed by atoms with Crippen molar-refractivity contribution >= 4 is 23.4 Å². The monoisotopic (exact) mass is 350 g/mol. The molecular formula is C20H27ClO3. The van der Waals surface area contributed by atoms with Crippen LogP contribution in [-0.2, 0) is 14.3 Å². The zero-order chi connectivity index (χ0) is 17.1. The second-order valence-electron chi connectivity index (χ2n) is 8.60. The Hall–Kier alpha value is -0.830. The van der Waals surface area contributed by atoms with Crippen LogP contribution in [0, 0.1) is 29.1 Å². The molecule has 0 unspecified atom stereocenters. The van der Waals surface area contributed by atoms with Crippen molar-refractivity contribution in [1.82, 2.24) is 0 Å². The summed E-state index contributed by atoms with van der Waals surface area (Å²) in [6, 6.07) is 0. The number of carbonyl (C=O) groups is 2. The van der Waals surface area contributed by atoms with Gasteiger partial charge in [-0.1, -0.05) is 18.5 Å². The lowest BCUT2D eigenvalue weighted by molar-refractivity contribution is -0.156. The number of allylic oxidation sites excluding steroid dienone is 1. The number of hydrogen-bond donors (Lipinski definition) is 0. The lowest BCUT2D eigenvalue weighted by atomic mass is 9.52. The van der Waals surface area contributed by atoms with Crippen LogP contribution in [0.5, 0.6) is 0 Å². The molecule has 6 atom stereocenters. The van der Waals surface area contributed by atoms with Crippen LogP contribution in [0.3, 0.4) is 0 Å². The molecule has 3 saturated carbocycles. The van der Waals surface area contributed by atoms with Crippen molar-refractivity contribution in [3.05, 3.63) is 10.6 Å². The molecule has 0 N–H and O–H groups in total. The Bertz CT molecular complexity index is 610. The summed E-state index contributed by atoms with van der Waals surface area (Å²) in [6.07, 6.45) is 8.33. The van der Waals surface area contributed by atoms with Crippen LogP contribution in [0.4, 0.5) is 0 Å². The first-order chi connectivity index (χ1) is 11.4. The van der Waals surface area contributed by atoms with Crippen molar-refractivity contribution in [3.8, 4) is 0 Å². The van der Waals surface area contributed by atoms with E-state index < -0.39 is 0 Å². The zero-order valence-corrected chi connectivity index (χ0v) is 15.4. The molecule has 0 radical (unpaired) electrons. The summed E-state index contributed by atoms with van der Waals surface area (Å²) >= 11 is 6.36. The van der Waals surface area contributed by atoms with Gasteiger partial charge >= 0.3 is 5.97 Å². The predicted molar refractivity (Wildman–Crippen MR) is 92.4 cm³/mol. The number of ether oxygens (including phenoxy) is 1. The number of hydrogen-bond acceptors (Lipinski definition) is 3. The van der Waals surface area contributed by atoms with E-state index in [0.717, 1.165) is 32.1 Å². The highest BCUT2D eigenvalue weighted by atomic mass is 35.5. The van der Waals surface area contributed by atoms with Crippen LogP contribution in [0.2, 0.25) is 0 Å². The van der Waals surface area contributed by atoms with E-state index in [-0.39, 0.29) is 23.3 Å². The maximum absolute atomic E-state index is 12.0. The van der Waals surface area contributed by atoms with E-state index in [0.29, 0.717) is 35.1 Å². The number of fused-ring (bicyclic) bond motifs is 5. The number of ketones is 1. The maximum atomic E-state index is 12.0. The molecular weight excluding hydrogens is 324 g/mol. The SMILES string of the molecule is CC(=O)O[C@H]1CC[C@H]2[C@@H]3CCC4=C(Cl)C(=O)CC[C@@H]4[C@H]3CC[C@]12C. The van der Waals surface area contributed by atoms with Crippen LogP contribution in [0.25, 0.3) is 0 Å². The van der Waals surface area contributed by atoms with Gasteiger partial charge in [0.2, 0.25) is 0 Å². The molecule has 132 valence electrons. The maximum Gasteiger partial charge on any atom is 0.302 e. The van der Waals surface area contributed by atoms with Crippen molar-refractivity contribution in [2.45, 2.75) is 71.3 Å². The second kappa shape index (κ2) is 5.86. The smallest absolute Gasteiger partial charge is 0.302 e. The highest BCUT2D eigenvalue weighted by Crippen LogP contribution is 2.62. The third-order valence-electron chi connectivity index (χ3n) is 7.63. The third-order valence-corrected chi connectivity index (χ3v) is 8.09. The number of carbonyl (C=O) groups excluding carboxylic acids is 2. The molecule has 0 aliphatic heterocycles. The molecule has 4 aliphatic carbocycles. The van der Waals surface area contributed by atoms with Crippen LogP contribution in [-0.4, -0.2) is 17.9 Å². The van der Waals surface area contributed by atoms with Gasteiger partial charge in [0.05, 0.1) is 5.03 Å². The number of esters is 1. The van der Waals surface area contributed by atoms with E-state index in [4.69, 9.17) is 16.3 Å². The largest absolute Gasteiger partial charge is 0.462 e. The number of Topliss-reactive ketones (excluding diaryl/α,β-unsaturated/α-hetero) is 1. The summed E-state index contributed by atoms with van der Waals surface area (Å²) in [7, 11) is 0. The highest BCUT2D eigenvalue weighted by Gasteiger charge is 2.57. The first kappa shape index (κ1) is 16.6. The molecule has 0 saturated heterocycles. The van der Waals surface area contributed by atoms with Gasteiger partial charge in [0.1, 0.15) is 6.10 Å². The van der Waals surface area contributed by atoms with Crippen molar-refractivity contribution in [3.63, 3.8) is 0 Å². The van der Waals surface area contributed by atoms with Crippen molar-refractivity contribution in [2.24, 2.45) is 29.1 Å². The van der Waals surface area contributed by atoms with Gasteiger partial charge in [-0.25, -0.2) is 0 Å². The van der Waals surface area contributed by atoms with E-state index >= 15 is 0 Å². The minimum absolute atomic E-state index is 0.0920. The predicted octanol–water partition coefficient (Wildman–Crippen LogP) is 4.63. The molecule has 24 heavy (non-hydrogen) atoms. The Morgan fingerprint density at radius 3 is 2.67 bits per heavy atom. The van der Waals surface area contributed by atoms with Gasteiger partial charge < -0.3 is 4.74 Å². The van der Waals surface area contributed by atoms with Gasteiger partial charge in [-0.15, -0.1) is 0 Å². The van der Waals surface area contributed by atoms with Gasteiger partial charge in [0.15, 0.2) is 5.78 Å². The first-order valence-corrected chi connectivity index (χ1v) is 9.88. The average molecular weight is 351 g/mol. The lowest BCUT2D eigenvalue weighted by Crippen LogP contribution is -2.48. The van der Waals surface area contributed by atoms with Crippen LogP contribution in [0.1, 0.15) is 65.2 Å². The first-order valence-electron chi connectivity index (χ1n) is 9.50. The molecule has 3 nitrogen and oxygen atoms in total. The van der Waals surface area contributed by atoms with Crippen molar-refractivity contribution in [1.29, 1.82) is 0 Å². The fourth-order valence-corrected chi connectivity index (χ4v) is 6.91. The average Bonchev–Trinajstić information content (AvgIpc) is 2.87. The summed E-state index contributed by atoms with van der Waals surface area (Å²) in [5.74, 6) is 2.55. The standard InChI is InChI=1S/C20H27ClO3/c1-11(22)24-18-8-6-16-14-3-4-15-12(5-7-17(23)19(15)21)13(14)9-10-20(16,18)2/h12-14,16,18H,3-10H2,1-2H3/t12-,13-,14-,16+,18+,20+/m1/s1. The zero-order valence-electron chi connectivity index (χ0n) is 14.6. The molecule has 4 aliphatic rings. The van der Waals surface area contributed by atoms with E-state index in [1.165, 1.54) is 25.3 Å². The Balaban J connectivity index is 1.59. The molecule has 0 aromatic heterocycles. The highest BCUT2D eigenvalue weighted by molar-refractivity contribution is 6.43. The van der Waals surface area contributed by atoms with Gasteiger partial charge in [-0.2, -0.15) is 0 Å². The minimum Gasteiger partial charge on any atom is -0.462 e.